The molecule has 0 spiro atoms. The zero-order valence-corrected chi connectivity index (χ0v) is 12.7. The van der Waals surface area contributed by atoms with Crippen LogP contribution in [0.15, 0.2) is 30.7 Å². The smallest absolute Gasteiger partial charge is 0.0994 e. The van der Waals surface area contributed by atoms with Crippen LogP contribution in [0.4, 0.5) is 0 Å². The van der Waals surface area contributed by atoms with Gasteiger partial charge in [0.15, 0.2) is 0 Å². The van der Waals surface area contributed by atoms with Gasteiger partial charge in [0.25, 0.3) is 0 Å². The Balaban J connectivity index is 2.08. The van der Waals surface area contributed by atoms with Crippen molar-refractivity contribution in [3.8, 4) is 5.69 Å². The van der Waals surface area contributed by atoms with Crippen molar-refractivity contribution >= 4 is 11.6 Å². The molecule has 0 unspecified atom stereocenters. The van der Waals surface area contributed by atoms with Crippen LogP contribution in [-0.4, -0.2) is 22.6 Å². The van der Waals surface area contributed by atoms with E-state index in [1.54, 1.807) is 0 Å². The van der Waals surface area contributed by atoms with E-state index in [0.29, 0.717) is 0 Å². The van der Waals surface area contributed by atoms with Gasteiger partial charge in [-0.25, -0.2) is 4.98 Å². The Labute approximate surface area is 125 Å². The fourth-order valence-corrected chi connectivity index (χ4v) is 3.19. The van der Waals surface area contributed by atoms with Crippen molar-refractivity contribution in [1.29, 1.82) is 0 Å². The highest BCUT2D eigenvalue weighted by Gasteiger charge is 2.32. The lowest BCUT2D eigenvalue weighted by molar-refractivity contribution is 0.324. The SMILES string of the molecule is Cc1c(Cl)cccc1-n1cncc1C1(C)CCNCC1. The maximum Gasteiger partial charge on any atom is 0.0994 e. The summed E-state index contributed by atoms with van der Waals surface area (Å²) in [6.07, 6.45) is 6.18. The van der Waals surface area contributed by atoms with Crippen molar-refractivity contribution in [2.24, 2.45) is 0 Å². The first-order valence-corrected chi connectivity index (χ1v) is 7.49. The van der Waals surface area contributed by atoms with E-state index in [1.165, 1.54) is 5.69 Å². The molecule has 1 fully saturated rings. The molecular weight excluding hydrogens is 270 g/mol. The average Bonchev–Trinajstić information content (AvgIpc) is 2.93. The molecule has 0 radical (unpaired) electrons. The van der Waals surface area contributed by atoms with E-state index in [9.17, 15) is 0 Å². The van der Waals surface area contributed by atoms with Gasteiger partial charge in [0, 0.05) is 22.3 Å². The molecule has 3 rings (SSSR count). The highest BCUT2D eigenvalue weighted by Crippen LogP contribution is 2.35. The molecule has 0 bridgehead atoms. The zero-order chi connectivity index (χ0) is 14.2. The molecule has 0 aliphatic carbocycles. The third-order valence-electron chi connectivity index (χ3n) is 4.46. The molecule has 2 heterocycles. The van der Waals surface area contributed by atoms with Gasteiger partial charge in [-0.1, -0.05) is 24.6 Å². The summed E-state index contributed by atoms with van der Waals surface area (Å²) in [4.78, 5) is 4.39. The monoisotopic (exact) mass is 289 g/mol. The number of nitrogens with zero attached hydrogens (tertiary/aromatic N) is 2. The normalized spacial score (nSPS) is 18.1. The molecule has 0 amide bonds. The van der Waals surface area contributed by atoms with Crippen LogP contribution in [0.5, 0.6) is 0 Å². The molecule has 1 saturated heterocycles. The van der Waals surface area contributed by atoms with E-state index < -0.39 is 0 Å². The van der Waals surface area contributed by atoms with E-state index in [0.717, 1.165) is 42.2 Å². The summed E-state index contributed by atoms with van der Waals surface area (Å²) in [5.74, 6) is 0. The Morgan fingerprint density at radius 1 is 1.30 bits per heavy atom. The molecule has 2 aromatic rings. The lowest BCUT2D eigenvalue weighted by atomic mass is 9.78. The summed E-state index contributed by atoms with van der Waals surface area (Å²) >= 11 is 6.26. The maximum atomic E-state index is 6.26. The zero-order valence-electron chi connectivity index (χ0n) is 12.0. The maximum absolute atomic E-state index is 6.26. The highest BCUT2D eigenvalue weighted by molar-refractivity contribution is 6.31. The standard InChI is InChI=1S/C16H20ClN3/c1-12-13(17)4-3-5-14(12)20-11-19-10-15(20)16(2)6-8-18-9-7-16/h3-5,10-11,18H,6-9H2,1-2H3. The molecule has 0 atom stereocenters. The van der Waals surface area contributed by atoms with E-state index >= 15 is 0 Å². The Kier molecular flexibility index (Phi) is 3.57. The topological polar surface area (TPSA) is 29.9 Å². The molecule has 0 saturated carbocycles. The number of rotatable bonds is 2. The fraction of sp³-hybridized carbons (Fsp3) is 0.438. The summed E-state index contributed by atoms with van der Waals surface area (Å²) in [5, 5.41) is 4.23. The summed E-state index contributed by atoms with van der Waals surface area (Å²) in [6, 6.07) is 6.04. The third kappa shape index (κ3) is 2.25. The number of hydrogen-bond acceptors (Lipinski definition) is 2. The van der Waals surface area contributed by atoms with Gasteiger partial charge in [0.1, 0.15) is 0 Å². The molecule has 4 heteroatoms. The number of piperidine rings is 1. The van der Waals surface area contributed by atoms with Gasteiger partial charge in [-0.05, 0) is 50.6 Å². The van der Waals surface area contributed by atoms with Gasteiger partial charge in [0.05, 0.1) is 12.0 Å². The Bertz CT molecular complexity index is 612. The molecule has 106 valence electrons. The van der Waals surface area contributed by atoms with Crippen LogP contribution in [0.25, 0.3) is 5.69 Å². The van der Waals surface area contributed by atoms with Crippen LogP contribution < -0.4 is 5.32 Å². The second kappa shape index (κ2) is 5.23. The van der Waals surface area contributed by atoms with Crippen molar-refractivity contribution in [2.75, 3.05) is 13.1 Å². The van der Waals surface area contributed by atoms with Crippen LogP contribution in [0.2, 0.25) is 5.02 Å². The summed E-state index contributed by atoms with van der Waals surface area (Å²) in [6.45, 7) is 6.53. The molecule has 1 aromatic heterocycles. The van der Waals surface area contributed by atoms with Gasteiger partial charge >= 0.3 is 0 Å². The molecular formula is C16H20ClN3. The van der Waals surface area contributed by atoms with Crippen molar-refractivity contribution in [1.82, 2.24) is 14.9 Å². The van der Waals surface area contributed by atoms with Crippen LogP contribution in [0, 0.1) is 6.92 Å². The van der Waals surface area contributed by atoms with Crippen molar-refractivity contribution in [2.45, 2.75) is 32.1 Å². The minimum Gasteiger partial charge on any atom is -0.317 e. The second-order valence-electron chi connectivity index (χ2n) is 5.84. The Hall–Kier alpha value is -1.32. The number of halogens is 1. The first-order chi connectivity index (χ1) is 9.62. The highest BCUT2D eigenvalue weighted by atomic mass is 35.5. The number of benzene rings is 1. The second-order valence-corrected chi connectivity index (χ2v) is 6.25. The Morgan fingerprint density at radius 2 is 2.05 bits per heavy atom. The van der Waals surface area contributed by atoms with E-state index in [4.69, 9.17) is 11.6 Å². The Morgan fingerprint density at radius 3 is 2.80 bits per heavy atom. The molecule has 3 nitrogen and oxygen atoms in total. The van der Waals surface area contributed by atoms with Gasteiger partial charge in [-0.15, -0.1) is 0 Å². The van der Waals surface area contributed by atoms with Crippen molar-refractivity contribution in [3.63, 3.8) is 0 Å². The lowest BCUT2D eigenvalue weighted by Gasteiger charge is -2.34. The first kappa shape index (κ1) is 13.7. The van der Waals surface area contributed by atoms with Gasteiger partial charge in [0.2, 0.25) is 0 Å². The minimum absolute atomic E-state index is 0.177. The largest absolute Gasteiger partial charge is 0.317 e. The number of imidazole rings is 1. The molecule has 1 aliphatic heterocycles. The van der Waals surface area contributed by atoms with E-state index in [1.807, 2.05) is 24.7 Å². The minimum atomic E-state index is 0.177. The van der Waals surface area contributed by atoms with Gasteiger partial charge in [-0.3, -0.25) is 0 Å². The van der Waals surface area contributed by atoms with Gasteiger partial charge < -0.3 is 9.88 Å². The van der Waals surface area contributed by atoms with Crippen LogP contribution in [0.1, 0.15) is 31.0 Å². The summed E-state index contributed by atoms with van der Waals surface area (Å²) in [5.41, 5.74) is 3.69. The molecule has 20 heavy (non-hydrogen) atoms. The summed E-state index contributed by atoms with van der Waals surface area (Å²) < 4.78 is 2.20. The van der Waals surface area contributed by atoms with Crippen LogP contribution in [-0.2, 0) is 5.41 Å². The molecule has 1 aliphatic rings. The van der Waals surface area contributed by atoms with E-state index in [-0.39, 0.29) is 5.41 Å². The predicted molar refractivity (Wildman–Crippen MR) is 82.8 cm³/mol. The number of hydrogen-bond donors (Lipinski definition) is 1. The van der Waals surface area contributed by atoms with Crippen molar-refractivity contribution in [3.05, 3.63) is 47.0 Å². The molecule has 1 N–H and O–H groups in total. The predicted octanol–water partition coefficient (Wildman–Crippen LogP) is 3.48. The van der Waals surface area contributed by atoms with Gasteiger partial charge in [-0.2, -0.15) is 0 Å². The summed E-state index contributed by atoms with van der Waals surface area (Å²) in [7, 11) is 0. The number of nitrogens with one attached hydrogen (secondary N) is 1. The molecule has 1 aromatic carbocycles. The lowest BCUT2D eigenvalue weighted by Crippen LogP contribution is -2.38. The van der Waals surface area contributed by atoms with Crippen LogP contribution >= 0.6 is 11.6 Å². The van der Waals surface area contributed by atoms with Crippen LogP contribution in [0.3, 0.4) is 0 Å². The van der Waals surface area contributed by atoms with E-state index in [2.05, 4.69) is 34.8 Å². The van der Waals surface area contributed by atoms with Crippen molar-refractivity contribution < 1.29 is 0 Å². The fourth-order valence-electron chi connectivity index (χ4n) is 3.03. The quantitative estimate of drug-likeness (QED) is 0.917. The first-order valence-electron chi connectivity index (χ1n) is 7.11. The average molecular weight is 290 g/mol. The third-order valence-corrected chi connectivity index (χ3v) is 4.87. The number of aromatic nitrogens is 2.